The standard InChI is InChI=1S/C13H17NO5S/c1-9(6-13(16)17)20(18)8-12(15)14-10-4-3-5-11(7-10)19-2/h3-5,7,9H,6,8H2,1-2H3,(H,14,15)(H,16,17). The van der Waals surface area contributed by atoms with Crippen LogP contribution in [0.15, 0.2) is 24.3 Å². The highest BCUT2D eigenvalue weighted by atomic mass is 32.2. The molecule has 0 aliphatic carbocycles. The van der Waals surface area contributed by atoms with E-state index in [1.807, 2.05) is 0 Å². The fraction of sp³-hybridized carbons (Fsp3) is 0.385. The Bertz CT molecular complexity index is 517. The number of amides is 1. The van der Waals surface area contributed by atoms with Crippen LogP contribution in [0.4, 0.5) is 5.69 Å². The quantitative estimate of drug-likeness (QED) is 0.790. The summed E-state index contributed by atoms with van der Waals surface area (Å²) in [5.74, 6) is -1.08. The largest absolute Gasteiger partial charge is 0.497 e. The lowest BCUT2D eigenvalue weighted by atomic mass is 10.3. The number of methoxy groups -OCH3 is 1. The van der Waals surface area contributed by atoms with Gasteiger partial charge in [-0.3, -0.25) is 13.8 Å². The highest BCUT2D eigenvalue weighted by Crippen LogP contribution is 2.16. The molecule has 2 N–H and O–H groups in total. The molecule has 0 radical (unpaired) electrons. The minimum Gasteiger partial charge on any atom is -0.497 e. The third-order valence-electron chi connectivity index (χ3n) is 2.54. The molecule has 2 unspecified atom stereocenters. The normalized spacial score (nSPS) is 13.3. The summed E-state index contributed by atoms with van der Waals surface area (Å²) in [4.78, 5) is 22.2. The van der Waals surface area contributed by atoms with Crippen LogP contribution in [0, 0.1) is 0 Å². The Morgan fingerprint density at radius 3 is 2.75 bits per heavy atom. The number of hydrogen-bond acceptors (Lipinski definition) is 4. The van der Waals surface area contributed by atoms with Crippen LogP contribution in [0.3, 0.4) is 0 Å². The molecule has 0 saturated carbocycles. The maximum absolute atomic E-state index is 11.8. The van der Waals surface area contributed by atoms with E-state index in [9.17, 15) is 13.8 Å². The molecule has 6 nitrogen and oxygen atoms in total. The monoisotopic (exact) mass is 299 g/mol. The third kappa shape index (κ3) is 5.40. The second-order valence-corrected chi connectivity index (χ2v) is 6.07. The highest BCUT2D eigenvalue weighted by molar-refractivity contribution is 7.86. The number of ether oxygens (including phenoxy) is 1. The number of rotatable bonds is 7. The summed E-state index contributed by atoms with van der Waals surface area (Å²) in [6.07, 6.45) is -0.223. The molecule has 7 heteroatoms. The first kappa shape index (κ1) is 16.2. The maximum Gasteiger partial charge on any atom is 0.304 e. The number of benzene rings is 1. The van der Waals surface area contributed by atoms with Crippen molar-refractivity contribution in [3.05, 3.63) is 24.3 Å². The van der Waals surface area contributed by atoms with Crippen LogP contribution < -0.4 is 10.1 Å². The number of nitrogens with one attached hydrogen (secondary N) is 1. The van der Waals surface area contributed by atoms with Crippen molar-refractivity contribution in [3.63, 3.8) is 0 Å². The van der Waals surface area contributed by atoms with Gasteiger partial charge in [0.1, 0.15) is 11.5 Å². The summed E-state index contributed by atoms with van der Waals surface area (Å²) >= 11 is 0. The molecular formula is C13H17NO5S. The molecule has 0 fully saturated rings. The average molecular weight is 299 g/mol. The molecule has 1 aromatic rings. The molecule has 1 aromatic carbocycles. The minimum absolute atomic E-state index is 0.223. The van der Waals surface area contributed by atoms with Crippen molar-refractivity contribution in [2.24, 2.45) is 0 Å². The van der Waals surface area contributed by atoms with Crippen molar-refractivity contribution in [1.29, 1.82) is 0 Å². The Kier molecular flexibility index (Phi) is 6.17. The van der Waals surface area contributed by atoms with Gasteiger partial charge >= 0.3 is 5.97 Å². The van der Waals surface area contributed by atoms with Gasteiger partial charge in [-0.2, -0.15) is 0 Å². The maximum atomic E-state index is 11.8. The number of anilines is 1. The molecular weight excluding hydrogens is 282 g/mol. The van der Waals surface area contributed by atoms with E-state index in [4.69, 9.17) is 9.84 Å². The van der Waals surface area contributed by atoms with Gasteiger partial charge in [0, 0.05) is 27.8 Å². The Labute approximate surface area is 119 Å². The van der Waals surface area contributed by atoms with E-state index in [1.54, 1.807) is 31.2 Å². The van der Waals surface area contributed by atoms with Crippen molar-refractivity contribution in [3.8, 4) is 5.75 Å². The van der Waals surface area contributed by atoms with Gasteiger partial charge in [0.05, 0.1) is 13.5 Å². The first-order valence-corrected chi connectivity index (χ1v) is 7.33. The molecule has 2 atom stereocenters. The number of carboxylic acids is 1. The van der Waals surface area contributed by atoms with Gasteiger partial charge < -0.3 is 15.2 Å². The zero-order chi connectivity index (χ0) is 15.1. The van der Waals surface area contributed by atoms with E-state index >= 15 is 0 Å². The summed E-state index contributed by atoms with van der Waals surface area (Å²) in [5, 5.41) is 10.6. The molecule has 0 aliphatic heterocycles. The smallest absolute Gasteiger partial charge is 0.304 e. The van der Waals surface area contributed by atoms with Gasteiger partial charge in [-0.25, -0.2) is 0 Å². The van der Waals surface area contributed by atoms with Gasteiger partial charge in [-0.1, -0.05) is 13.0 Å². The summed E-state index contributed by atoms with van der Waals surface area (Å²) in [5.41, 5.74) is 0.539. The molecule has 0 saturated heterocycles. The van der Waals surface area contributed by atoms with E-state index in [-0.39, 0.29) is 12.2 Å². The first-order chi connectivity index (χ1) is 9.42. The first-order valence-electron chi connectivity index (χ1n) is 5.95. The molecule has 0 aromatic heterocycles. The molecule has 0 aliphatic rings. The van der Waals surface area contributed by atoms with E-state index in [1.165, 1.54) is 7.11 Å². The zero-order valence-corrected chi connectivity index (χ0v) is 12.1. The highest BCUT2D eigenvalue weighted by Gasteiger charge is 2.18. The third-order valence-corrected chi connectivity index (χ3v) is 4.15. The number of carbonyl (C=O) groups is 2. The number of carboxylic acid groups (broad SMARTS) is 1. The fourth-order valence-corrected chi connectivity index (χ4v) is 2.45. The second kappa shape index (κ2) is 7.64. The van der Waals surface area contributed by atoms with Gasteiger partial charge in [0.15, 0.2) is 0 Å². The Balaban J connectivity index is 2.54. The summed E-state index contributed by atoms with van der Waals surface area (Å²) in [6.45, 7) is 1.54. The number of aliphatic carboxylic acids is 1. The predicted molar refractivity (Wildman–Crippen MR) is 76.3 cm³/mol. The van der Waals surface area contributed by atoms with Crippen LogP contribution in [0.5, 0.6) is 5.75 Å². The number of carbonyl (C=O) groups excluding carboxylic acids is 1. The lowest BCUT2D eigenvalue weighted by Gasteiger charge is -2.10. The van der Waals surface area contributed by atoms with Crippen molar-refractivity contribution in [1.82, 2.24) is 0 Å². The van der Waals surface area contributed by atoms with Crippen LogP contribution in [0.2, 0.25) is 0 Å². The van der Waals surface area contributed by atoms with E-state index < -0.39 is 27.9 Å². The molecule has 20 heavy (non-hydrogen) atoms. The molecule has 1 rings (SSSR count). The molecule has 0 heterocycles. The fourth-order valence-electron chi connectivity index (χ4n) is 1.51. The van der Waals surface area contributed by atoms with E-state index in [0.29, 0.717) is 11.4 Å². The number of hydrogen-bond donors (Lipinski definition) is 2. The van der Waals surface area contributed by atoms with Crippen molar-refractivity contribution in [2.75, 3.05) is 18.2 Å². The molecule has 1 amide bonds. The Hall–Kier alpha value is -1.89. The summed E-state index contributed by atoms with van der Waals surface area (Å²) < 4.78 is 16.8. The average Bonchev–Trinajstić information content (AvgIpc) is 2.37. The van der Waals surface area contributed by atoms with Crippen LogP contribution in [0.1, 0.15) is 13.3 Å². The summed E-state index contributed by atoms with van der Waals surface area (Å²) in [6, 6.07) is 6.78. The van der Waals surface area contributed by atoms with Gasteiger partial charge in [0.25, 0.3) is 0 Å². The molecule has 0 spiro atoms. The lowest BCUT2D eigenvalue weighted by Crippen LogP contribution is -2.26. The van der Waals surface area contributed by atoms with Crippen LogP contribution in [-0.4, -0.2) is 39.3 Å². The van der Waals surface area contributed by atoms with Crippen molar-refractivity contribution >= 4 is 28.4 Å². The SMILES string of the molecule is COc1cccc(NC(=O)CS(=O)C(C)CC(=O)O)c1. The van der Waals surface area contributed by atoms with Gasteiger partial charge in [0.2, 0.25) is 5.91 Å². The Morgan fingerprint density at radius 2 is 2.15 bits per heavy atom. The van der Waals surface area contributed by atoms with Crippen LogP contribution >= 0.6 is 0 Å². The second-order valence-electron chi connectivity index (χ2n) is 4.21. The Morgan fingerprint density at radius 1 is 1.45 bits per heavy atom. The predicted octanol–water partition coefficient (Wildman–Crippen LogP) is 1.25. The molecule has 110 valence electrons. The van der Waals surface area contributed by atoms with Crippen molar-refractivity contribution < 1.29 is 23.6 Å². The van der Waals surface area contributed by atoms with E-state index in [0.717, 1.165) is 0 Å². The van der Waals surface area contributed by atoms with Crippen LogP contribution in [0.25, 0.3) is 0 Å². The van der Waals surface area contributed by atoms with Gasteiger partial charge in [-0.15, -0.1) is 0 Å². The van der Waals surface area contributed by atoms with Crippen LogP contribution in [-0.2, 0) is 20.4 Å². The molecule has 0 bridgehead atoms. The van der Waals surface area contributed by atoms with E-state index in [2.05, 4.69) is 5.32 Å². The zero-order valence-electron chi connectivity index (χ0n) is 11.3. The lowest BCUT2D eigenvalue weighted by molar-refractivity contribution is -0.136. The summed E-state index contributed by atoms with van der Waals surface area (Å²) in [7, 11) is -0.00293. The minimum atomic E-state index is -1.52. The van der Waals surface area contributed by atoms with Crippen molar-refractivity contribution in [2.45, 2.75) is 18.6 Å². The van der Waals surface area contributed by atoms with Gasteiger partial charge in [-0.05, 0) is 12.1 Å². The topological polar surface area (TPSA) is 92.7 Å².